The number of amides is 1. The van der Waals surface area contributed by atoms with Crippen LogP contribution in [0.25, 0.3) is 5.76 Å². The van der Waals surface area contributed by atoms with Crippen molar-refractivity contribution in [2.24, 2.45) is 0 Å². The Hall–Kier alpha value is -4.61. The maximum atomic E-state index is 13.8. The molecule has 0 unspecified atom stereocenters. The Bertz CT molecular complexity index is 1830. The summed E-state index contributed by atoms with van der Waals surface area (Å²) in [5, 5.41) is 20.6. The molecular formula is C35H33N3O6S2. The predicted octanol–water partition coefficient (Wildman–Crippen LogP) is 7.05. The van der Waals surface area contributed by atoms with Crippen molar-refractivity contribution < 1.29 is 28.9 Å². The molecule has 4 aromatic rings. The van der Waals surface area contributed by atoms with Crippen LogP contribution in [0, 0.1) is 6.92 Å². The molecule has 46 heavy (non-hydrogen) atoms. The number of anilines is 1. The number of nitrogens with zero attached hydrogens (tertiary/aromatic N) is 3. The topological polar surface area (TPSA) is 111 Å². The molecule has 0 aliphatic carbocycles. The number of carbonyl (C=O) groups excluding carboxylic acids is 2. The lowest BCUT2D eigenvalue weighted by Gasteiger charge is -2.23. The number of aliphatic hydroxyl groups is 1. The van der Waals surface area contributed by atoms with Gasteiger partial charge in [-0.3, -0.25) is 14.5 Å². The Kier molecular flexibility index (Phi) is 9.14. The maximum absolute atomic E-state index is 13.8. The van der Waals surface area contributed by atoms with Gasteiger partial charge in [0.05, 0.1) is 18.2 Å². The fourth-order valence-corrected chi connectivity index (χ4v) is 7.31. The average Bonchev–Trinajstić information content (AvgIpc) is 3.74. The fourth-order valence-electron chi connectivity index (χ4n) is 5.49. The zero-order valence-electron chi connectivity index (χ0n) is 25.7. The molecule has 2 aliphatic heterocycles. The van der Waals surface area contributed by atoms with Crippen molar-refractivity contribution >= 4 is 45.7 Å². The van der Waals surface area contributed by atoms with Gasteiger partial charge in [0.15, 0.2) is 15.8 Å². The third kappa shape index (κ3) is 6.25. The number of benzene rings is 3. The van der Waals surface area contributed by atoms with Gasteiger partial charge in [0, 0.05) is 17.7 Å². The first-order valence-electron chi connectivity index (χ1n) is 14.9. The molecule has 236 valence electrons. The molecule has 9 nitrogen and oxygen atoms in total. The lowest BCUT2D eigenvalue weighted by molar-refractivity contribution is -0.132. The van der Waals surface area contributed by atoms with Gasteiger partial charge in [-0.25, -0.2) is 0 Å². The Morgan fingerprint density at radius 1 is 1.11 bits per heavy atom. The molecule has 1 aromatic heterocycles. The van der Waals surface area contributed by atoms with E-state index in [1.165, 1.54) is 33.6 Å². The number of rotatable bonds is 11. The molecule has 1 N–H and O–H groups in total. The molecule has 2 aliphatic rings. The van der Waals surface area contributed by atoms with E-state index < -0.39 is 17.7 Å². The van der Waals surface area contributed by atoms with Gasteiger partial charge in [-0.15, -0.1) is 10.2 Å². The number of ketones is 1. The highest BCUT2D eigenvalue weighted by Crippen LogP contribution is 2.46. The zero-order chi connectivity index (χ0) is 32.4. The quantitative estimate of drug-likeness (QED) is 0.0454. The average molecular weight is 656 g/mol. The maximum Gasteiger partial charge on any atom is 0.301 e. The number of hydrogen-bond acceptors (Lipinski definition) is 10. The Morgan fingerprint density at radius 3 is 2.67 bits per heavy atom. The van der Waals surface area contributed by atoms with Gasteiger partial charge in [-0.05, 0) is 67.8 Å². The normalized spacial score (nSPS) is 18.4. The van der Waals surface area contributed by atoms with Crippen LogP contribution in [0.2, 0.25) is 0 Å². The number of aliphatic hydroxyl groups excluding tert-OH is 1. The van der Waals surface area contributed by atoms with E-state index in [4.69, 9.17) is 14.2 Å². The number of thioether (sulfide) groups is 1. The summed E-state index contributed by atoms with van der Waals surface area (Å²) in [6.45, 7) is 10.2. The van der Waals surface area contributed by atoms with Gasteiger partial charge in [0.1, 0.15) is 24.2 Å². The molecule has 1 saturated heterocycles. The van der Waals surface area contributed by atoms with Crippen LogP contribution in [0.15, 0.2) is 83.2 Å². The highest BCUT2D eigenvalue weighted by atomic mass is 32.2. The van der Waals surface area contributed by atoms with Crippen LogP contribution in [-0.2, 0) is 21.8 Å². The molecule has 3 aromatic carbocycles. The summed E-state index contributed by atoms with van der Waals surface area (Å²) in [6.07, 6.45) is 2.31. The summed E-state index contributed by atoms with van der Waals surface area (Å²) in [5.74, 6) is 0.423. The third-order valence-corrected chi connectivity index (χ3v) is 9.77. The minimum absolute atomic E-state index is 0.00672. The Labute approximate surface area is 275 Å². The third-order valence-electron chi connectivity index (χ3n) is 7.64. The van der Waals surface area contributed by atoms with Crippen molar-refractivity contribution in [1.29, 1.82) is 0 Å². The molecule has 0 saturated carbocycles. The van der Waals surface area contributed by atoms with Crippen molar-refractivity contribution in [2.45, 2.75) is 49.4 Å². The Balaban J connectivity index is 1.42. The van der Waals surface area contributed by atoms with Gasteiger partial charge in [-0.1, -0.05) is 71.6 Å². The van der Waals surface area contributed by atoms with Gasteiger partial charge in [0.2, 0.25) is 5.13 Å². The molecule has 6 rings (SSSR count). The number of aromatic nitrogens is 2. The smallest absolute Gasteiger partial charge is 0.301 e. The number of Topliss-reactive ketones (excluding diaryl/α,β-unsaturated/α-hetero) is 1. The molecule has 0 radical (unpaired) electrons. The standard InChI is InChI=1S/C35H33N3O6S2/c1-5-15-43-27-14-11-23(18-28(27)42-6-2)30-29(31(39)24-12-13-26-25(17-24)16-21(4)44-26)32(40)33(41)38(30)34-36-37-35(46-34)45-19-22-9-7-20(3)8-10-22/h5,7-14,17-18,21,30,39H,1,6,15-16,19H2,2-4H3/b31-29+/t21-,30-/m0/s1. The minimum Gasteiger partial charge on any atom is -0.507 e. The minimum atomic E-state index is -1.00. The second-order valence-electron chi connectivity index (χ2n) is 11.0. The second-order valence-corrected chi connectivity index (χ2v) is 13.2. The Morgan fingerprint density at radius 2 is 1.91 bits per heavy atom. The highest BCUT2D eigenvalue weighted by molar-refractivity contribution is 8.00. The first-order chi connectivity index (χ1) is 22.3. The molecule has 2 atom stereocenters. The number of aryl methyl sites for hydroxylation is 1. The molecule has 1 fully saturated rings. The second kappa shape index (κ2) is 13.4. The molecule has 0 spiro atoms. The van der Waals surface area contributed by atoms with Crippen LogP contribution in [0.4, 0.5) is 5.13 Å². The van der Waals surface area contributed by atoms with Gasteiger partial charge in [0.25, 0.3) is 5.78 Å². The largest absolute Gasteiger partial charge is 0.507 e. The SMILES string of the molecule is C=CCOc1ccc([C@H]2/C(=C(\O)c3ccc4c(c3)C[C@H](C)O4)C(=O)C(=O)N2c2nnc(SCc3ccc(C)cc3)s2)cc1OCC. The monoisotopic (exact) mass is 655 g/mol. The summed E-state index contributed by atoms with van der Waals surface area (Å²) >= 11 is 2.71. The highest BCUT2D eigenvalue weighted by Gasteiger charge is 2.48. The zero-order valence-corrected chi connectivity index (χ0v) is 27.3. The summed E-state index contributed by atoms with van der Waals surface area (Å²) in [7, 11) is 0. The lowest BCUT2D eigenvalue weighted by Crippen LogP contribution is -2.29. The summed E-state index contributed by atoms with van der Waals surface area (Å²) in [5.41, 5.74) is 4.13. The van der Waals surface area contributed by atoms with Crippen molar-refractivity contribution in [3.63, 3.8) is 0 Å². The van der Waals surface area contributed by atoms with Crippen LogP contribution in [0.5, 0.6) is 17.2 Å². The van der Waals surface area contributed by atoms with E-state index in [2.05, 4.69) is 41.0 Å². The number of hydrogen-bond donors (Lipinski definition) is 1. The van der Waals surface area contributed by atoms with Gasteiger partial charge >= 0.3 is 5.91 Å². The van der Waals surface area contributed by atoms with E-state index in [9.17, 15) is 14.7 Å². The van der Waals surface area contributed by atoms with E-state index in [0.29, 0.717) is 45.7 Å². The summed E-state index contributed by atoms with van der Waals surface area (Å²) in [4.78, 5) is 28.9. The molecular weight excluding hydrogens is 623 g/mol. The molecule has 3 heterocycles. The summed E-state index contributed by atoms with van der Waals surface area (Å²) < 4.78 is 18.1. The van der Waals surface area contributed by atoms with Crippen LogP contribution < -0.4 is 19.1 Å². The predicted molar refractivity (Wildman–Crippen MR) is 179 cm³/mol. The van der Waals surface area contributed by atoms with E-state index in [-0.39, 0.29) is 29.2 Å². The van der Waals surface area contributed by atoms with Crippen molar-refractivity contribution in [3.8, 4) is 17.2 Å². The number of carbonyl (C=O) groups is 2. The van der Waals surface area contributed by atoms with Crippen LogP contribution in [0.3, 0.4) is 0 Å². The first-order valence-corrected chi connectivity index (χ1v) is 16.7. The van der Waals surface area contributed by atoms with Crippen LogP contribution in [0.1, 0.15) is 47.7 Å². The van der Waals surface area contributed by atoms with Gasteiger partial charge in [-0.2, -0.15) is 0 Å². The van der Waals surface area contributed by atoms with E-state index in [0.717, 1.165) is 16.9 Å². The van der Waals surface area contributed by atoms with Crippen molar-refractivity contribution in [3.05, 3.63) is 107 Å². The molecule has 0 bridgehead atoms. The van der Waals surface area contributed by atoms with E-state index in [1.54, 1.807) is 42.5 Å². The van der Waals surface area contributed by atoms with E-state index >= 15 is 0 Å². The summed E-state index contributed by atoms with van der Waals surface area (Å²) in [6, 6.07) is 17.7. The number of ether oxygens (including phenoxy) is 3. The molecule has 1 amide bonds. The van der Waals surface area contributed by atoms with Crippen LogP contribution >= 0.6 is 23.1 Å². The van der Waals surface area contributed by atoms with E-state index in [1.807, 2.05) is 20.8 Å². The van der Waals surface area contributed by atoms with Crippen LogP contribution in [-0.4, -0.2) is 46.3 Å². The fraction of sp³-hybridized carbons (Fsp3) is 0.257. The number of fused-ring (bicyclic) bond motifs is 1. The lowest BCUT2D eigenvalue weighted by atomic mass is 9.94. The first kappa shape index (κ1) is 31.4. The molecule has 11 heteroatoms. The van der Waals surface area contributed by atoms with Gasteiger partial charge < -0.3 is 19.3 Å². The van der Waals surface area contributed by atoms with Crippen molar-refractivity contribution in [1.82, 2.24) is 10.2 Å². The van der Waals surface area contributed by atoms with Crippen molar-refractivity contribution in [2.75, 3.05) is 18.1 Å².